The molecule has 0 aromatic rings. The molecule has 0 spiro atoms. The Balaban J connectivity index is 1.77. The SMILES string of the molecule is CC12C=CC(=O)C(=N)C1=CCC1C2CCC2(C)C(=O)CCC12. The Morgan fingerprint density at radius 1 is 1.18 bits per heavy atom. The first kappa shape index (κ1) is 14.1. The summed E-state index contributed by atoms with van der Waals surface area (Å²) in [5, 5.41) is 8.15. The first-order valence-corrected chi connectivity index (χ1v) is 8.44. The lowest BCUT2D eigenvalue weighted by molar-refractivity contribution is -0.131. The minimum absolute atomic E-state index is 0.120. The summed E-state index contributed by atoms with van der Waals surface area (Å²) in [4.78, 5) is 24.2. The zero-order chi connectivity index (χ0) is 15.7. The summed E-state index contributed by atoms with van der Waals surface area (Å²) in [6.45, 7) is 4.36. The highest BCUT2D eigenvalue weighted by Crippen LogP contribution is 2.62. The van der Waals surface area contributed by atoms with E-state index < -0.39 is 0 Å². The molecule has 0 radical (unpaired) electrons. The lowest BCUT2D eigenvalue weighted by Crippen LogP contribution is -2.50. The van der Waals surface area contributed by atoms with Crippen LogP contribution < -0.4 is 0 Å². The van der Waals surface area contributed by atoms with Crippen molar-refractivity contribution in [3.63, 3.8) is 0 Å². The van der Waals surface area contributed by atoms with E-state index >= 15 is 0 Å². The van der Waals surface area contributed by atoms with Crippen LogP contribution in [0, 0.1) is 34.0 Å². The van der Waals surface area contributed by atoms with Gasteiger partial charge in [0, 0.05) is 17.3 Å². The van der Waals surface area contributed by atoms with Crippen LogP contribution in [0.15, 0.2) is 23.8 Å². The van der Waals surface area contributed by atoms with Gasteiger partial charge in [-0.25, -0.2) is 0 Å². The molecule has 0 amide bonds. The van der Waals surface area contributed by atoms with Crippen molar-refractivity contribution in [1.82, 2.24) is 0 Å². The largest absolute Gasteiger partial charge is 0.299 e. The average Bonchev–Trinajstić information content (AvgIpc) is 2.79. The van der Waals surface area contributed by atoms with E-state index in [-0.39, 0.29) is 22.3 Å². The average molecular weight is 297 g/mol. The summed E-state index contributed by atoms with van der Waals surface area (Å²) >= 11 is 0. The molecule has 22 heavy (non-hydrogen) atoms. The Labute approximate surface area is 131 Å². The van der Waals surface area contributed by atoms with Gasteiger partial charge >= 0.3 is 0 Å². The van der Waals surface area contributed by atoms with Crippen molar-refractivity contribution in [2.24, 2.45) is 28.6 Å². The van der Waals surface area contributed by atoms with Gasteiger partial charge in [-0.2, -0.15) is 0 Å². The number of rotatable bonds is 0. The van der Waals surface area contributed by atoms with Gasteiger partial charge in [-0.1, -0.05) is 26.0 Å². The van der Waals surface area contributed by atoms with Crippen molar-refractivity contribution in [1.29, 1.82) is 5.41 Å². The Bertz CT molecular complexity index is 658. The molecule has 5 atom stereocenters. The molecule has 3 nitrogen and oxygen atoms in total. The highest BCUT2D eigenvalue weighted by Gasteiger charge is 2.58. The van der Waals surface area contributed by atoms with Crippen LogP contribution in [0.3, 0.4) is 0 Å². The lowest BCUT2D eigenvalue weighted by atomic mass is 9.49. The van der Waals surface area contributed by atoms with Gasteiger partial charge in [0.05, 0.1) is 0 Å². The topological polar surface area (TPSA) is 58.0 Å². The number of hydrogen-bond donors (Lipinski definition) is 1. The van der Waals surface area contributed by atoms with Crippen molar-refractivity contribution >= 4 is 17.3 Å². The van der Waals surface area contributed by atoms with E-state index in [0.29, 0.717) is 23.5 Å². The van der Waals surface area contributed by atoms with E-state index in [4.69, 9.17) is 5.41 Å². The maximum absolute atomic E-state index is 12.4. The fraction of sp³-hybridized carbons (Fsp3) is 0.632. The van der Waals surface area contributed by atoms with Gasteiger partial charge < -0.3 is 0 Å². The highest BCUT2D eigenvalue weighted by atomic mass is 16.1. The second kappa shape index (κ2) is 4.27. The fourth-order valence-electron chi connectivity index (χ4n) is 5.86. The highest BCUT2D eigenvalue weighted by molar-refractivity contribution is 6.49. The number of nitrogens with one attached hydrogen (secondary N) is 1. The van der Waals surface area contributed by atoms with Crippen LogP contribution in [0.2, 0.25) is 0 Å². The predicted octanol–water partition coefficient (Wildman–Crippen LogP) is 3.49. The van der Waals surface area contributed by atoms with Gasteiger partial charge in [0.1, 0.15) is 11.5 Å². The predicted molar refractivity (Wildman–Crippen MR) is 84.7 cm³/mol. The minimum atomic E-state index is -0.194. The van der Waals surface area contributed by atoms with Crippen LogP contribution in [0.1, 0.15) is 46.0 Å². The molecule has 0 heterocycles. The first-order chi connectivity index (χ1) is 10.4. The van der Waals surface area contributed by atoms with Gasteiger partial charge in [-0.05, 0) is 55.1 Å². The maximum Gasteiger partial charge on any atom is 0.203 e. The van der Waals surface area contributed by atoms with Crippen molar-refractivity contribution in [2.75, 3.05) is 0 Å². The van der Waals surface area contributed by atoms with Crippen molar-refractivity contribution in [2.45, 2.75) is 46.0 Å². The number of Topliss-reactive ketones (excluding diaryl/α,β-unsaturated/α-hetero) is 1. The number of carbonyl (C=O) groups is 2. The van der Waals surface area contributed by atoms with Crippen LogP contribution in [-0.4, -0.2) is 17.3 Å². The molecule has 116 valence electrons. The molecule has 4 rings (SSSR count). The second-order valence-corrected chi connectivity index (χ2v) is 8.00. The molecular formula is C19H23NO2. The second-order valence-electron chi connectivity index (χ2n) is 8.00. The Hall–Kier alpha value is -1.51. The normalized spacial score (nSPS) is 46.9. The summed E-state index contributed by atoms with van der Waals surface area (Å²) < 4.78 is 0. The van der Waals surface area contributed by atoms with E-state index in [1.165, 1.54) is 0 Å². The van der Waals surface area contributed by atoms with Gasteiger partial charge in [0.2, 0.25) is 5.78 Å². The van der Waals surface area contributed by atoms with E-state index in [2.05, 4.69) is 19.9 Å². The third-order valence-corrected chi connectivity index (χ3v) is 7.19. The molecule has 0 saturated heterocycles. The summed E-state index contributed by atoms with van der Waals surface area (Å²) in [6, 6.07) is 0. The van der Waals surface area contributed by atoms with E-state index in [1.54, 1.807) is 6.08 Å². The molecule has 4 aliphatic rings. The van der Waals surface area contributed by atoms with Gasteiger partial charge in [-0.15, -0.1) is 0 Å². The van der Waals surface area contributed by atoms with Crippen molar-refractivity contribution in [3.05, 3.63) is 23.8 Å². The lowest BCUT2D eigenvalue weighted by Gasteiger charge is -2.54. The minimum Gasteiger partial charge on any atom is -0.299 e. The standard InChI is InChI=1S/C19H23NO2/c1-18-10-8-15(21)17(20)14(18)4-3-11-12-5-6-16(22)19(12,2)9-7-13(11)18/h4,8,10-13,20H,3,5-7,9H2,1-2H3. The summed E-state index contributed by atoms with van der Waals surface area (Å²) in [7, 11) is 0. The zero-order valence-corrected chi connectivity index (χ0v) is 13.3. The smallest absolute Gasteiger partial charge is 0.203 e. The maximum atomic E-state index is 12.4. The molecule has 0 bridgehead atoms. The number of hydrogen-bond acceptors (Lipinski definition) is 3. The van der Waals surface area contributed by atoms with Gasteiger partial charge in [0.15, 0.2) is 0 Å². The Morgan fingerprint density at radius 2 is 1.95 bits per heavy atom. The third kappa shape index (κ3) is 1.55. The van der Waals surface area contributed by atoms with Crippen LogP contribution in [-0.2, 0) is 9.59 Å². The molecule has 0 aliphatic heterocycles. The quantitative estimate of drug-likeness (QED) is 0.744. The monoisotopic (exact) mass is 297 g/mol. The summed E-state index contributed by atoms with van der Waals surface area (Å²) in [5.41, 5.74) is 0.791. The molecular weight excluding hydrogens is 274 g/mol. The van der Waals surface area contributed by atoms with Crippen LogP contribution in [0.25, 0.3) is 0 Å². The first-order valence-electron chi connectivity index (χ1n) is 8.44. The van der Waals surface area contributed by atoms with E-state index in [1.807, 2.05) is 6.08 Å². The summed E-state index contributed by atoms with van der Waals surface area (Å²) in [6.07, 6.45) is 10.4. The van der Waals surface area contributed by atoms with Gasteiger partial charge in [0.25, 0.3) is 0 Å². The number of carbonyl (C=O) groups excluding carboxylic acids is 2. The molecule has 3 heteroatoms. The van der Waals surface area contributed by atoms with Crippen molar-refractivity contribution < 1.29 is 9.59 Å². The third-order valence-electron chi connectivity index (χ3n) is 7.19. The molecule has 0 aromatic carbocycles. The fourth-order valence-corrected chi connectivity index (χ4v) is 5.86. The Morgan fingerprint density at radius 3 is 2.73 bits per heavy atom. The molecule has 4 aliphatic carbocycles. The number of ketones is 2. The number of fused-ring (bicyclic) bond motifs is 5. The van der Waals surface area contributed by atoms with Crippen LogP contribution in [0.4, 0.5) is 0 Å². The molecule has 5 unspecified atom stereocenters. The molecule has 0 aromatic heterocycles. The zero-order valence-electron chi connectivity index (χ0n) is 13.3. The Kier molecular flexibility index (Phi) is 2.74. The molecule has 2 fully saturated rings. The molecule has 2 saturated carbocycles. The van der Waals surface area contributed by atoms with E-state index in [0.717, 1.165) is 37.7 Å². The summed E-state index contributed by atoms with van der Waals surface area (Å²) in [5.74, 6) is 1.75. The van der Waals surface area contributed by atoms with Crippen LogP contribution >= 0.6 is 0 Å². The van der Waals surface area contributed by atoms with E-state index in [9.17, 15) is 9.59 Å². The molecule has 1 N–H and O–H groups in total. The number of allylic oxidation sites excluding steroid dienone is 4. The van der Waals surface area contributed by atoms with Gasteiger partial charge in [-0.3, -0.25) is 15.0 Å². The van der Waals surface area contributed by atoms with Crippen molar-refractivity contribution in [3.8, 4) is 0 Å². The van der Waals surface area contributed by atoms with Crippen LogP contribution in [0.5, 0.6) is 0 Å².